The number of methoxy groups -OCH3 is 3. The second-order valence-electron chi connectivity index (χ2n) is 5.25. The lowest BCUT2D eigenvalue weighted by Gasteiger charge is -2.12. The second-order valence-corrected chi connectivity index (χ2v) is 5.25. The Balaban J connectivity index is 2.08. The first-order valence-corrected chi connectivity index (χ1v) is 7.84. The van der Waals surface area contributed by atoms with Gasteiger partial charge in [0.1, 0.15) is 11.5 Å². The number of benzene rings is 2. The number of hydrazine groups is 1. The van der Waals surface area contributed by atoms with Crippen molar-refractivity contribution in [2.24, 2.45) is 0 Å². The number of hydrogen-bond donors (Lipinski definition) is 2. The summed E-state index contributed by atoms with van der Waals surface area (Å²) in [6.45, 7) is -3.03. The number of carbonyl (C=O) groups excluding carboxylic acids is 2. The average molecular weight is 396 g/mol. The molecule has 0 saturated carbocycles. The van der Waals surface area contributed by atoms with Crippen LogP contribution in [0.3, 0.4) is 0 Å². The number of rotatable bonds is 7. The third-order valence-electron chi connectivity index (χ3n) is 3.55. The molecule has 0 spiro atoms. The largest absolute Gasteiger partial charge is 0.497 e. The maximum Gasteiger partial charge on any atom is 0.387 e. The van der Waals surface area contributed by atoms with Crippen molar-refractivity contribution in [3.8, 4) is 23.0 Å². The van der Waals surface area contributed by atoms with Crippen molar-refractivity contribution in [3.63, 3.8) is 0 Å². The van der Waals surface area contributed by atoms with Gasteiger partial charge in [-0.25, -0.2) is 0 Å². The minimum atomic E-state index is -3.03. The molecule has 28 heavy (non-hydrogen) atoms. The Bertz CT molecular complexity index is 838. The van der Waals surface area contributed by atoms with E-state index in [1.54, 1.807) is 6.07 Å². The molecule has 0 saturated heterocycles. The number of ether oxygens (including phenoxy) is 4. The molecule has 0 aliphatic rings. The SMILES string of the molecule is COc1cc(OC)cc(C(=O)NNC(=O)c2ccc(OC(F)F)c(OC)c2)c1. The van der Waals surface area contributed by atoms with E-state index in [2.05, 4.69) is 15.6 Å². The summed E-state index contributed by atoms with van der Waals surface area (Å²) in [7, 11) is 4.12. The fourth-order valence-electron chi connectivity index (χ4n) is 2.20. The van der Waals surface area contributed by atoms with Crippen molar-refractivity contribution >= 4 is 11.8 Å². The average Bonchev–Trinajstić information content (AvgIpc) is 2.70. The molecule has 0 radical (unpaired) electrons. The van der Waals surface area contributed by atoms with E-state index in [0.717, 1.165) is 6.07 Å². The zero-order valence-electron chi connectivity index (χ0n) is 15.2. The van der Waals surface area contributed by atoms with Crippen molar-refractivity contribution in [1.29, 1.82) is 0 Å². The van der Waals surface area contributed by atoms with Crippen LogP contribution in [-0.4, -0.2) is 39.8 Å². The number of halogens is 2. The van der Waals surface area contributed by atoms with E-state index >= 15 is 0 Å². The molecular weight excluding hydrogens is 378 g/mol. The summed E-state index contributed by atoms with van der Waals surface area (Å²) in [5.74, 6) is -0.788. The first kappa shape index (κ1) is 20.7. The maximum absolute atomic E-state index is 12.4. The van der Waals surface area contributed by atoms with Gasteiger partial charge in [-0.1, -0.05) is 0 Å². The van der Waals surface area contributed by atoms with Crippen LogP contribution in [0.2, 0.25) is 0 Å². The molecule has 0 atom stereocenters. The predicted molar refractivity (Wildman–Crippen MR) is 94.1 cm³/mol. The molecule has 0 bridgehead atoms. The minimum absolute atomic E-state index is 0.0574. The molecule has 2 amide bonds. The lowest BCUT2D eigenvalue weighted by Crippen LogP contribution is -2.41. The zero-order chi connectivity index (χ0) is 20.7. The Hall–Kier alpha value is -3.56. The highest BCUT2D eigenvalue weighted by molar-refractivity contribution is 5.99. The molecule has 2 aromatic carbocycles. The van der Waals surface area contributed by atoms with E-state index in [4.69, 9.17) is 14.2 Å². The van der Waals surface area contributed by atoms with E-state index in [1.165, 1.54) is 45.6 Å². The van der Waals surface area contributed by atoms with Crippen LogP contribution in [0.4, 0.5) is 8.78 Å². The van der Waals surface area contributed by atoms with Gasteiger partial charge in [0.15, 0.2) is 11.5 Å². The Labute approximate surface area is 159 Å². The Morgan fingerprint density at radius 2 is 1.36 bits per heavy atom. The summed E-state index contributed by atoms with van der Waals surface area (Å²) in [6.07, 6.45) is 0. The summed E-state index contributed by atoms with van der Waals surface area (Å²) in [4.78, 5) is 24.5. The lowest BCUT2D eigenvalue weighted by molar-refractivity contribution is -0.0512. The summed E-state index contributed by atoms with van der Waals surface area (Å²) < 4.78 is 44.1. The smallest absolute Gasteiger partial charge is 0.387 e. The van der Waals surface area contributed by atoms with Gasteiger partial charge < -0.3 is 18.9 Å². The fourth-order valence-corrected chi connectivity index (χ4v) is 2.20. The molecule has 0 fully saturated rings. The van der Waals surface area contributed by atoms with Gasteiger partial charge in [-0.2, -0.15) is 8.78 Å². The van der Waals surface area contributed by atoms with Gasteiger partial charge in [-0.05, 0) is 30.3 Å². The number of nitrogens with one attached hydrogen (secondary N) is 2. The summed E-state index contributed by atoms with van der Waals surface area (Å²) in [5, 5.41) is 0. The number of carbonyl (C=O) groups is 2. The topological polar surface area (TPSA) is 95.1 Å². The quantitative estimate of drug-likeness (QED) is 0.698. The van der Waals surface area contributed by atoms with Gasteiger partial charge in [-0.15, -0.1) is 0 Å². The summed E-state index contributed by atoms with van der Waals surface area (Å²) in [6, 6.07) is 8.12. The highest BCUT2D eigenvalue weighted by Gasteiger charge is 2.15. The van der Waals surface area contributed by atoms with Gasteiger partial charge in [0.05, 0.1) is 21.3 Å². The van der Waals surface area contributed by atoms with E-state index < -0.39 is 18.4 Å². The van der Waals surface area contributed by atoms with Gasteiger partial charge in [0.25, 0.3) is 11.8 Å². The lowest BCUT2D eigenvalue weighted by atomic mass is 10.2. The third kappa shape index (κ3) is 5.22. The predicted octanol–water partition coefficient (Wildman–Crippen LogP) is 2.39. The van der Waals surface area contributed by atoms with Gasteiger partial charge in [0, 0.05) is 17.2 Å². The van der Waals surface area contributed by atoms with Crippen molar-refractivity contribution in [2.45, 2.75) is 6.61 Å². The van der Waals surface area contributed by atoms with E-state index in [1.807, 2.05) is 0 Å². The van der Waals surface area contributed by atoms with E-state index in [-0.39, 0.29) is 22.6 Å². The number of amides is 2. The molecule has 2 aromatic rings. The molecule has 150 valence electrons. The summed E-state index contributed by atoms with van der Waals surface area (Å²) >= 11 is 0. The first-order chi connectivity index (χ1) is 13.4. The zero-order valence-corrected chi connectivity index (χ0v) is 15.2. The van der Waals surface area contributed by atoms with Gasteiger partial charge >= 0.3 is 6.61 Å². The summed E-state index contributed by atoms with van der Waals surface area (Å²) in [5.41, 5.74) is 4.71. The van der Waals surface area contributed by atoms with Crippen LogP contribution in [0.25, 0.3) is 0 Å². The second kappa shape index (κ2) is 9.40. The molecule has 0 unspecified atom stereocenters. The van der Waals surface area contributed by atoms with Crippen LogP contribution in [0.5, 0.6) is 23.0 Å². The van der Waals surface area contributed by atoms with Crippen molar-refractivity contribution in [2.75, 3.05) is 21.3 Å². The fraction of sp³-hybridized carbons (Fsp3) is 0.222. The van der Waals surface area contributed by atoms with E-state index in [9.17, 15) is 18.4 Å². The van der Waals surface area contributed by atoms with Crippen molar-refractivity contribution in [1.82, 2.24) is 10.9 Å². The van der Waals surface area contributed by atoms with E-state index in [0.29, 0.717) is 11.5 Å². The highest BCUT2D eigenvalue weighted by atomic mass is 19.3. The molecule has 8 nitrogen and oxygen atoms in total. The van der Waals surface area contributed by atoms with Crippen LogP contribution >= 0.6 is 0 Å². The molecule has 2 N–H and O–H groups in total. The Kier molecular flexibility index (Phi) is 6.96. The van der Waals surface area contributed by atoms with Crippen LogP contribution in [0, 0.1) is 0 Å². The molecule has 0 aromatic heterocycles. The first-order valence-electron chi connectivity index (χ1n) is 7.84. The van der Waals surface area contributed by atoms with Crippen LogP contribution in [0.1, 0.15) is 20.7 Å². The molecule has 2 rings (SSSR count). The van der Waals surface area contributed by atoms with Gasteiger partial charge in [0.2, 0.25) is 0 Å². The number of hydrogen-bond acceptors (Lipinski definition) is 6. The molecule has 0 aliphatic carbocycles. The molecule has 0 heterocycles. The molecule has 10 heteroatoms. The number of alkyl halides is 2. The maximum atomic E-state index is 12.4. The normalized spacial score (nSPS) is 10.2. The van der Waals surface area contributed by atoms with Crippen LogP contribution < -0.4 is 29.8 Å². The van der Waals surface area contributed by atoms with Crippen molar-refractivity contribution in [3.05, 3.63) is 47.5 Å². The van der Waals surface area contributed by atoms with Crippen molar-refractivity contribution < 1.29 is 37.3 Å². The monoisotopic (exact) mass is 396 g/mol. The molecule has 0 aliphatic heterocycles. The van der Waals surface area contributed by atoms with Gasteiger partial charge in [-0.3, -0.25) is 20.4 Å². The third-order valence-corrected chi connectivity index (χ3v) is 3.55. The molecular formula is C18H18F2N2O6. The Morgan fingerprint density at radius 3 is 1.86 bits per heavy atom. The Morgan fingerprint density at radius 1 is 0.786 bits per heavy atom. The standard InChI is InChI=1S/C18H18F2N2O6/c1-25-12-6-11(7-13(9-12)26-2)17(24)22-21-16(23)10-4-5-14(28-18(19)20)15(8-10)27-3/h4-9,18H,1-3H3,(H,21,23)(H,22,24). The van der Waals surface area contributed by atoms with Crippen LogP contribution in [0.15, 0.2) is 36.4 Å². The minimum Gasteiger partial charge on any atom is -0.497 e. The highest BCUT2D eigenvalue weighted by Crippen LogP contribution is 2.29. The van der Waals surface area contributed by atoms with Crippen LogP contribution in [-0.2, 0) is 0 Å².